The van der Waals surface area contributed by atoms with E-state index >= 15 is 0 Å². The molecule has 0 unspecified atom stereocenters. The fourth-order valence-electron chi connectivity index (χ4n) is 1.84. The number of rotatable bonds is 1. The number of nitrogen functional groups attached to an aromatic ring is 1. The zero-order valence-electron chi connectivity index (χ0n) is 8.97. The Kier molecular flexibility index (Phi) is 2.27. The largest absolute Gasteiger partial charge is 0.399 e. The summed E-state index contributed by atoms with van der Waals surface area (Å²) in [5.41, 5.74) is 9.25. The zero-order valence-corrected chi connectivity index (χ0v) is 9.72. The van der Waals surface area contributed by atoms with Gasteiger partial charge in [0.15, 0.2) is 5.65 Å². The lowest BCUT2D eigenvalue weighted by Crippen LogP contribution is -1.89. The molecule has 17 heavy (non-hydrogen) atoms. The summed E-state index contributed by atoms with van der Waals surface area (Å²) in [5.74, 6) is 0. The van der Waals surface area contributed by atoms with E-state index in [2.05, 4.69) is 4.98 Å². The molecule has 3 aromatic rings. The molecule has 1 aromatic carbocycles. The summed E-state index contributed by atoms with van der Waals surface area (Å²) in [7, 11) is 0. The number of nitrogens with zero attached hydrogens (tertiary/aromatic N) is 2. The Hall–Kier alpha value is -2.00. The minimum Gasteiger partial charge on any atom is -0.399 e. The highest BCUT2D eigenvalue weighted by atomic mass is 35.5. The van der Waals surface area contributed by atoms with Gasteiger partial charge in [0.25, 0.3) is 0 Å². The standard InChI is InChI=1S/C13H10ClN3/c14-11-2-1-7-17-12(8-16-13(11)17)9-3-5-10(15)6-4-9/h1-8H,15H2. The van der Waals surface area contributed by atoms with Gasteiger partial charge in [0, 0.05) is 17.4 Å². The number of anilines is 1. The average molecular weight is 244 g/mol. The predicted octanol–water partition coefficient (Wildman–Crippen LogP) is 3.24. The molecule has 2 heterocycles. The monoisotopic (exact) mass is 243 g/mol. The summed E-state index contributed by atoms with van der Waals surface area (Å²) in [4.78, 5) is 4.32. The zero-order chi connectivity index (χ0) is 11.8. The molecule has 2 N–H and O–H groups in total. The summed E-state index contributed by atoms with van der Waals surface area (Å²) in [6.45, 7) is 0. The maximum Gasteiger partial charge on any atom is 0.156 e. The van der Waals surface area contributed by atoms with E-state index < -0.39 is 0 Å². The van der Waals surface area contributed by atoms with Crippen molar-refractivity contribution in [2.75, 3.05) is 5.73 Å². The van der Waals surface area contributed by atoms with Gasteiger partial charge in [-0.25, -0.2) is 4.98 Å². The normalized spacial score (nSPS) is 10.9. The molecule has 3 rings (SSSR count). The van der Waals surface area contributed by atoms with Crippen molar-refractivity contribution in [3.63, 3.8) is 0 Å². The number of pyridine rings is 1. The van der Waals surface area contributed by atoms with Gasteiger partial charge in [-0.1, -0.05) is 23.7 Å². The third-order valence-electron chi connectivity index (χ3n) is 2.69. The second-order valence-electron chi connectivity index (χ2n) is 3.82. The lowest BCUT2D eigenvalue weighted by molar-refractivity contribution is 1.19. The van der Waals surface area contributed by atoms with E-state index in [1.54, 1.807) is 0 Å². The van der Waals surface area contributed by atoms with Crippen LogP contribution in [0.25, 0.3) is 16.9 Å². The van der Waals surface area contributed by atoms with Crippen LogP contribution >= 0.6 is 11.6 Å². The van der Waals surface area contributed by atoms with Gasteiger partial charge in [0.1, 0.15) is 0 Å². The number of benzene rings is 1. The van der Waals surface area contributed by atoms with Gasteiger partial charge in [-0.3, -0.25) is 4.40 Å². The molecule has 0 amide bonds. The number of aromatic nitrogens is 2. The van der Waals surface area contributed by atoms with Crippen LogP contribution in [0.4, 0.5) is 5.69 Å². The van der Waals surface area contributed by atoms with E-state index in [1.807, 2.05) is 53.2 Å². The number of nitrogens with two attached hydrogens (primary N) is 1. The van der Waals surface area contributed by atoms with Gasteiger partial charge < -0.3 is 5.73 Å². The van der Waals surface area contributed by atoms with Crippen LogP contribution in [0.1, 0.15) is 0 Å². The Bertz CT molecular complexity index is 671. The number of imidazole rings is 1. The highest BCUT2D eigenvalue weighted by Crippen LogP contribution is 2.24. The van der Waals surface area contributed by atoms with Crippen molar-refractivity contribution < 1.29 is 0 Å². The maximum absolute atomic E-state index is 6.08. The van der Waals surface area contributed by atoms with Gasteiger partial charge in [0.05, 0.1) is 16.9 Å². The van der Waals surface area contributed by atoms with E-state index in [-0.39, 0.29) is 0 Å². The third kappa shape index (κ3) is 1.65. The first-order chi connectivity index (χ1) is 8.25. The third-order valence-corrected chi connectivity index (χ3v) is 2.99. The molecule has 0 fully saturated rings. The molecule has 4 heteroatoms. The van der Waals surface area contributed by atoms with Crippen LogP contribution in [0.5, 0.6) is 0 Å². The second kappa shape index (κ2) is 3.79. The molecule has 0 spiro atoms. The van der Waals surface area contributed by atoms with Gasteiger partial charge in [0.2, 0.25) is 0 Å². The maximum atomic E-state index is 6.08. The highest BCUT2D eigenvalue weighted by Gasteiger charge is 2.07. The van der Waals surface area contributed by atoms with Gasteiger partial charge in [-0.15, -0.1) is 0 Å². The first-order valence-electron chi connectivity index (χ1n) is 5.23. The number of hydrogen-bond acceptors (Lipinski definition) is 2. The van der Waals surface area contributed by atoms with Crippen molar-refractivity contribution in [3.8, 4) is 11.3 Å². The molecule has 0 aliphatic carbocycles. The predicted molar refractivity (Wildman–Crippen MR) is 70.1 cm³/mol. The van der Waals surface area contributed by atoms with Crippen molar-refractivity contribution in [1.29, 1.82) is 0 Å². The minimum absolute atomic E-state index is 0.647. The Morgan fingerprint density at radius 1 is 1.12 bits per heavy atom. The number of fused-ring (bicyclic) bond motifs is 1. The van der Waals surface area contributed by atoms with E-state index in [1.165, 1.54) is 0 Å². The lowest BCUT2D eigenvalue weighted by atomic mass is 10.1. The molecule has 84 valence electrons. The van der Waals surface area contributed by atoms with Crippen LogP contribution in [0.15, 0.2) is 48.8 Å². The summed E-state index contributed by atoms with van der Waals surface area (Å²) >= 11 is 6.08. The minimum atomic E-state index is 0.647. The van der Waals surface area contributed by atoms with Gasteiger partial charge in [-0.2, -0.15) is 0 Å². The van der Waals surface area contributed by atoms with Crippen LogP contribution < -0.4 is 5.73 Å². The van der Waals surface area contributed by atoms with Crippen molar-refractivity contribution in [3.05, 3.63) is 53.8 Å². The molecule has 0 bridgehead atoms. The molecule has 0 saturated heterocycles. The topological polar surface area (TPSA) is 43.3 Å². The lowest BCUT2D eigenvalue weighted by Gasteiger charge is -2.02. The molecular weight excluding hydrogens is 234 g/mol. The molecule has 0 atom stereocenters. The Labute approximate surface area is 103 Å². The Morgan fingerprint density at radius 3 is 2.65 bits per heavy atom. The summed E-state index contributed by atoms with van der Waals surface area (Å²) in [5, 5.41) is 0.647. The summed E-state index contributed by atoms with van der Waals surface area (Å²) in [6, 6.07) is 11.4. The number of halogens is 1. The highest BCUT2D eigenvalue weighted by molar-refractivity contribution is 6.33. The van der Waals surface area contributed by atoms with E-state index in [0.29, 0.717) is 5.02 Å². The molecule has 0 radical (unpaired) electrons. The van der Waals surface area contributed by atoms with Crippen LogP contribution in [0.3, 0.4) is 0 Å². The molecule has 0 aliphatic rings. The molecule has 0 aliphatic heterocycles. The van der Waals surface area contributed by atoms with Crippen molar-refractivity contribution >= 4 is 22.9 Å². The fraction of sp³-hybridized carbons (Fsp3) is 0. The Balaban J connectivity index is 2.24. The summed E-state index contributed by atoms with van der Waals surface area (Å²) < 4.78 is 1.97. The quantitative estimate of drug-likeness (QED) is 0.667. The van der Waals surface area contributed by atoms with Crippen molar-refractivity contribution in [2.45, 2.75) is 0 Å². The SMILES string of the molecule is Nc1ccc(-c2cnc3c(Cl)cccn23)cc1. The van der Waals surface area contributed by atoms with E-state index in [9.17, 15) is 0 Å². The molecular formula is C13H10ClN3. The first-order valence-corrected chi connectivity index (χ1v) is 5.61. The van der Waals surface area contributed by atoms with E-state index in [4.69, 9.17) is 17.3 Å². The molecule has 0 saturated carbocycles. The van der Waals surface area contributed by atoms with Crippen LogP contribution in [0, 0.1) is 0 Å². The smallest absolute Gasteiger partial charge is 0.156 e. The Morgan fingerprint density at radius 2 is 1.88 bits per heavy atom. The van der Waals surface area contributed by atoms with Gasteiger partial charge in [-0.05, 0) is 24.3 Å². The van der Waals surface area contributed by atoms with Crippen LogP contribution in [-0.4, -0.2) is 9.38 Å². The number of hydrogen-bond donors (Lipinski definition) is 1. The summed E-state index contributed by atoms with van der Waals surface area (Å²) in [6.07, 6.45) is 3.76. The second-order valence-corrected chi connectivity index (χ2v) is 4.22. The fourth-order valence-corrected chi connectivity index (χ4v) is 2.06. The average Bonchev–Trinajstić information content (AvgIpc) is 2.75. The van der Waals surface area contributed by atoms with Crippen LogP contribution in [-0.2, 0) is 0 Å². The molecule has 3 nitrogen and oxygen atoms in total. The molecule has 2 aromatic heterocycles. The van der Waals surface area contributed by atoms with Gasteiger partial charge >= 0.3 is 0 Å². The van der Waals surface area contributed by atoms with Crippen LogP contribution in [0.2, 0.25) is 5.02 Å². The van der Waals surface area contributed by atoms with Crippen molar-refractivity contribution in [2.24, 2.45) is 0 Å². The van der Waals surface area contributed by atoms with E-state index in [0.717, 1.165) is 22.6 Å². The van der Waals surface area contributed by atoms with Crippen molar-refractivity contribution in [1.82, 2.24) is 9.38 Å². The first kappa shape index (κ1) is 10.2.